The smallest absolute Gasteiger partial charge is 0.305 e. The number of aliphatic carboxylic acids is 1. The first-order chi connectivity index (χ1) is 8.97. The Balaban J connectivity index is 2.12. The van der Waals surface area contributed by atoms with Gasteiger partial charge in [-0.3, -0.25) is 9.59 Å². The summed E-state index contributed by atoms with van der Waals surface area (Å²) in [5, 5.41) is 8.78. The second-order valence-electron chi connectivity index (χ2n) is 4.56. The van der Waals surface area contributed by atoms with E-state index in [1.165, 1.54) is 11.0 Å². The van der Waals surface area contributed by atoms with Gasteiger partial charge in [0.2, 0.25) is 5.91 Å². The fraction of sp³-hybridized carbons (Fsp3) is 0.385. The van der Waals surface area contributed by atoms with Gasteiger partial charge in [-0.25, -0.2) is 8.78 Å². The maximum absolute atomic E-state index is 13.1. The molecule has 1 saturated heterocycles. The Bertz CT molecular complexity index is 519. The number of hydrogen-bond donors (Lipinski definition) is 1. The Hall–Kier alpha value is -1.98. The molecule has 102 valence electrons. The lowest BCUT2D eigenvalue weighted by Gasteiger charge is -2.23. The van der Waals surface area contributed by atoms with E-state index in [0.29, 0.717) is 18.4 Å². The molecular formula is C13H13F2NO3. The number of carbonyl (C=O) groups excluding carboxylic acids is 1. The van der Waals surface area contributed by atoms with Crippen LogP contribution in [0.25, 0.3) is 0 Å². The highest BCUT2D eigenvalue weighted by Crippen LogP contribution is 2.24. The number of benzene rings is 1. The highest BCUT2D eigenvalue weighted by Gasteiger charge is 2.32. The van der Waals surface area contributed by atoms with Crippen LogP contribution in [0, 0.1) is 11.6 Å². The molecule has 19 heavy (non-hydrogen) atoms. The molecule has 1 aromatic carbocycles. The fourth-order valence-corrected chi connectivity index (χ4v) is 2.26. The summed E-state index contributed by atoms with van der Waals surface area (Å²) in [4.78, 5) is 23.8. The summed E-state index contributed by atoms with van der Waals surface area (Å²) in [6, 6.07) is 3.04. The zero-order valence-electron chi connectivity index (χ0n) is 10.1. The molecule has 0 bridgehead atoms. The summed E-state index contributed by atoms with van der Waals surface area (Å²) in [6.07, 6.45) is 0.645. The van der Waals surface area contributed by atoms with Crippen molar-refractivity contribution >= 4 is 11.9 Å². The number of nitrogens with zero attached hydrogens (tertiary/aromatic N) is 1. The number of halogens is 2. The van der Waals surface area contributed by atoms with Crippen molar-refractivity contribution in [3.05, 3.63) is 35.4 Å². The molecule has 0 aromatic heterocycles. The second kappa shape index (κ2) is 5.34. The number of likely N-dealkylation sites (tertiary alicyclic amines) is 1. The Kier molecular flexibility index (Phi) is 3.78. The lowest BCUT2D eigenvalue weighted by molar-refractivity contribution is -0.139. The standard InChI is InChI=1S/C13H13F2NO3/c14-10-3-1-8(5-11(10)15)7-16-9(6-13(18)19)2-4-12(16)17/h1,3,5,9H,2,4,6-7H2,(H,18,19)/t9-/m1/s1. The molecule has 1 atom stereocenters. The maximum atomic E-state index is 13.1. The minimum Gasteiger partial charge on any atom is -0.481 e. The first kappa shape index (κ1) is 13.5. The van der Waals surface area contributed by atoms with E-state index in [4.69, 9.17) is 5.11 Å². The van der Waals surface area contributed by atoms with Crippen LogP contribution < -0.4 is 0 Å². The van der Waals surface area contributed by atoms with Crippen LogP contribution in [0.1, 0.15) is 24.8 Å². The van der Waals surface area contributed by atoms with Crippen molar-refractivity contribution in [2.45, 2.75) is 31.8 Å². The summed E-state index contributed by atoms with van der Waals surface area (Å²) < 4.78 is 25.9. The normalized spacial score (nSPS) is 18.9. The molecular weight excluding hydrogens is 256 g/mol. The first-order valence-corrected chi connectivity index (χ1v) is 5.92. The van der Waals surface area contributed by atoms with Crippen molar-refractivity contribution in [2.24, 2.45) is 0 Å². The third kappa shape index (κ3) is 3.07. The average molecular weight is 269 g/mol. The van der Waals surface area contributed by atoms with Gasteiger partial charge in [0.05, 0.1) is 6.42 Å². The zero-order valence-corrected chi connectivity index (χ0v) is 10.1. The van der Waals surface area contributed by atoms with E-state index in [2.05, 4.69) is 0 Å². The summed E-state index contributed by atoms with van der Waals surface area (Å²) in [5.74, 6) is -3.05. The Morgan fingerprint density at radius 1 is 1.37 bits per heavy atom. The Morgan fingerprint density at radius 3 is 2.74 bits per heavy atom. The molecule has 1 aromatic rings. The van der Waals surface area contributed by atoms with E-state index in [-0.39, 0.29) is 24.9 Å². The molecule has 0 spiro atoms. The molecule has 6 heteroatoms. The highest BCUT2D eigenvalue weighted by atomic mass is 19.2. The van der Waals surface area contributed by atoms with E-state index in [0.717, 1.165) is 12.1 Å². The summed E-state index contributed by atoms with van der Waals surface area (Å²) in [7, 11) is 0. The van der Waals surface area contributed by atoms with Crippen LogP contribution in [0.15, 0.2) is 18.2 Å². The molecule has 1 aliphatic heterocycles. The van der Waals surface area contributed by atoms with Crippen LogP contribution in [0.4, 0.5) is 8.78 Å². The summed E-state index contributed by atoms with van der Waals surface area (Å²) in [5.41, 5.74) is 0.449. The van der Waals surface area contributed by atoms with Crippen molar-refractivity contribution in [2.75, 3.05) is 0 Å². The lowest BCUT2D eigenvalue weighted by atomic mass is 10.1. The summed E-state index contributed by atoms with van der Waals surface area (Å²) in [6.45, 7) is 0.105. The zero-order chi connectivity index (χ0) is 14.0. The van der Waals surface area contributed by atoms with Crippen molar-refractivity contribution in [3.63, 3.8) is 0 Å². The lowest BCUT2D eigenvalue weighted by Crippen LogP contribution is -2.34. The van der Waals surface area contributed by atoms with E-state index < -0.39 is 17.6 Å². The van der Waals surface area contributed by atoms with Gasteiger partial charge in [0, 0.05) is 19.0 Å². The quantitative estimate of drug-likeness (QED) is 0.908. The third-order valence-corrected chi connectivity index (χ3v) is 3.20. The van der Waals surface area contributed by atoms with Crippen LogP contribution in [-0.2, 0) is 16.1 Å². The van der Waals surface area contributed by atoms with Crippen LogP contribution >= 0.6 is 0 Å². The van der Waals surface area contributed by atoms with Gasteiger partial charge in [0.25, 0.3) is 0 Å². The molecule has 0 aliphatic carbocycles. The van der Waals surface area contributed by atoms with E-state index >= 15 is 0 Å². The minimum absolute atomic E-state index is 0.105. The van der Waals surface area contributed by atoms with Gasteiger partial charge < -0.3 is 10.0 Å². The molecule has 1 amide bonds. The number of amides is 1. The molecule has 2 rings (SSSR count). The molecule has 1 heterocycles. The fourth-order valence-electron chi connectivity index (χ4n) is 2.26. The van der Waals surface area contributed by atoms with Gasteiger partial charge >= 0.3 is 5.97 Å². The predicted molar refractivity (Wildman–Crippen MR) is 62.2 cm³/mol. The number of carboxylic acids is 1. The molecule has 1 fully saturated rings. The number of hydrogen-bond acceptors (Lipinski definition) is 2. The third-order valence-electron chi connectivity index (χ3n) is 3.20. The Labute approximate surface area is 108 Å². The van der Waals surface area contributed by atoms with Gasteiger partial charge in [-0.2, -0.15) is 0 Å². The molecule has 1 N–H and O–H groups in total. The number of carbonyl (C=O) groups is 2. The van der Waals surface area contributed by atoms with E-state index in [9.17, 15) is 18.4 Å². The van der Waals surface area contributed by atoms with Crippen molar-refractivity contribution in [3.8, 4) is 0 Å². The minimum atomic E-state index is -0.977. The van der Waals surface area contributed by atoms with Crippen molar-refractivity contribution < 1.29 is 23.5 Å². The van der Waals surface area contributed by atoms with E-state index in [1.54, 1.807) is 0 Å². The predicted octanol–water partition coefficient (Wildman–Crippen LogP) is 1.93. The topological polar surface area (TPSA) is 57.6 Å². The first-order valence-electron chi connectivity index (χ1n) is 5.92. The van der Waals surface area contributed by atoms with Gasteiger partial charge in [0.1, 0.15) is 0 Å². The molecule has 0 unspecified atom stereocenters. The number of rotatable bonds is 4. The van der Waals surface area contributed by atoms with Gasteiger partial charge in [-0.15, -0.1) is 0 Å². The molecule has 4 nitrogen and oxygen atoms in total. The molecule has 0 saturated carbocycles. The Morgan fingerprint density at radius 2 is 2.11 bits per heavy atom. The summed E-state index contributed by atoms with van der Waals surface area (Å²) >= 11 is 0. The van der Waals surface area contributed by atoms with Gasteiger partial charge in [-0.05, 0) is 24.1 Å². The monoisotopic (exact) mass is 269 g/mol. The van der Waals surface area contributed by atoms with Crippen molar-refractivity contribution in [1.82, 2.24) is 4.90 Å². The van der Waals surface area contributed by atoms with Crippen LogP contribution in [0.2, 0.25) is 0 Å². The highest BCUT2D eigenvalue weighted by molar-refractivity contribution is 5.80. The molecule has 0 radical (unpaired) electrons. The number of carboxylic acid groups (broad SMARTS) is 1. The van der Waals surface area contributed by atoms with Crippen LogP contribution in [0.3, 0.4) is 0 Å². The van der Waals surface area contributed by atoms with Gasteiger partial charge in [-0.1, -0.05) is 6.07 Å². The van der Waals surface area contributed by atoms with Crippen LogP contribution in [-0.4, -0.2) is 27.9 Å². The average Bonchev–Trinajstić information content (AvgIpc) is 2.66. The van der Waals surface area contributed by atoms with Gasteiger partial charge in [0.15, 0.2) is 11.6 Å². The van der Waals surface area contributed by atoms with Crippen molar-refractivity contribution in [1.29, 1.82) is 0 Å². The maximum Gasteiger partial charge on any atom is 0.305 e. The van der Waals surface area contributed by atoms with Crippen LogP contribution in [0.5, 0.6) is 0 Å². The van der Waals surface area contributed by atoms with E-state index in [1.807, 2.05) is 0 Å². The SMILES string of the molecule is O=C(O)C[C@H]1CCC(=O)N1Cc1ccc(F)c(F)c1. The molecule has 1 aliphatic rings. The second-order valence-corrected chi connectivity index (χ2v) is 4.56. The largest absolute Gasteiger partial charge is 0.481 e.